The van der Waals surface area contributed by atoms with Crippen LogP contribution in [0.4, 0.5) is 0 Å². The SMILES string of the molecule is CC(C)c1cccc2c(C(=O)O)cn(Cc3cccnc3)c12. The fourth-order valence-electron chi connectivity index (χ4n) is 2.84. The Morgan fingerprint density at radius 2 is 2.09 bits per heavy atom. The molecule has 0 aliphatic heterocycles. The second-order valence-electron chi connectivity index (χ2n) is 5.74. The molecule has 2 heterocycles. The average molecular weight is 294 g/mol. The van der Waals surface area contributed by atoms with E-state index in [1.165, 1.54) is 0 Å². The Morgan fingerprint density at radius 3 is 2.73 bits per heavy atom. The highest BCUT2D eigenvalue weighted by Crippen LogP contribution is 2.30. The van der Waals surface area contributed by atoms with Crippen LogP contribution in [-0.2, 0) is 6.54 Å². The van der Waals surface area contributed by atoms with Crippen LogP contribution in [0.2, 0.25) is 0 Å². The Morgan fingerprint density at radius 1 is 1.27 bits per heavy atom. The molecule has 0 aliphatic carbocycles. The number of carbonyl (C=O) groups is 1. The summed E-state index contributed by atoms with van der Waals surface area (Å²) in [5.41, 5.74) is 3.56. The van der Waals surface area contributed by atoms with Gasteiger partial charge in [-0.3, -0.25) is 4.98 Å². The van der Waals surface area contributed by atoms with Crippen molar-refractivity contribution in [3.05, 3.63) is 65.6 Å². The van der Waals surface area contributed by atoms with E-state index in [4.69, 9.17) is 0 Å². The van der Waals surface area contributed by atoms with E-state index in [0.717, 1.165) is 22.0 Å². The Balaban J connectivity index is 2.22. The highest BCUT2D eigenvalue weighted by Gasteiger charge is 2.17. The van der Waals surface area contributed by atoms with E-state index >= 15 is 0 Å². The number of carboxylic acids is 1. The minimum Gasteiger partial charge on any atom is -0.478 e. The van der Waals surface area contributed by atoms with Crippen molar-refractivity contribution < 1.29 is 9.90 Å². The maximum Gasteiger partial charge on any atom is 0.337 e. The molecule has 0 amide bonds. The van der Waals surface area contributed by atoms with E-state index < -0.39 is 5.97 Å². The van der Waals surface area contributed by atoms with Crippen LogP contribution in [-0.4, -0.2) is 20.6 Å². The van der Waals surface area contributed by atoms with Crippen molar-refractivity contribution >= 4 is 16.9 Å². The van der Waals surface area contributed by atoms with Crippen molar-refractivity contribution in [1.82, 2.24) is 9.55 Å². The number of pyridine rings is 1. The number of benzene rings is 1. The third-order valence-electron chi connectivity index (χ3n) is 3.86. The van der Waals surface area contributed by atoms with Gasteiger partial charge in [-0.15, -0.1) is 0 Å². The molecule has 4 nitrogen and oxygen atoms in total. The lowest BCUT2D eigenvalue weighted by Crippen LogP contribution is -2.01. The predicted octanol–water partition coefficient (Wildman–Crippen LogP) is 3.91. The van der Waals surface area contributed by atoms with Crippen molar-refractivity contribution in [1.29, 1.82) is 0 Å². The van der Waals surface area contributed by atoms with Crippen LogP contribution in [0.1, 0.15) is 41.3 Å². The molecule has 1 aromatic carbocycles. The van der Waals surface area contributed by atoms with Gasteiger partial charge in [-0.05, 0) is 23.1 Å². The van der Waals surface area contributed by atoms with Gasteiger partial charge in [0.05, 0.1) is 11.1 Å². The summed E-state index contributed by atoms with van der Waals surface area (Å²) in [6.45, 7) is 4.86. The second-order valence-corrected chi connectivity index (χ2v) is 5.74. The zero-order valence-electron chi connectivity index (χ0n) is 12.7. The van der Waals surface area contributed by atoms with Gasteiger partial charge in [-0.2, -0.15) is 0 Å². The van der Waals surface area contributed by atoms with E-state index in [2.05, 4.69) is 24.9 Å². The normalized spacial score (nSPS) is 11.2. The highest BCUT2D eigenvalue weighted by atomic mass is 16.4. The third kappa shape index (κ3) is 2.48. The lowest BCUT2D eigenvalue weighted by atomic mass is 9.99. The number of fused-ring (bicyclic) bond motifs is 1. The monoisotopic (exact) mass is 294 g/mol. The number of aromatic carboxylic acids is 1. The number of carboxylic acid groups (broad SMARTS) is 1. The maximum atomic E-state index is 11.5. The van der Waals surface area contributed by atoms with Gasteiger partial charge in [-0.1, -0.05) is 38.1 Å². The van der Waals surface area contributed by atoms with E-state index in [0.29, 0.717) is 18.0 Å². The fraction of sp³-hybridized carbons (Fsp3) is 0.222. The molecule has 0 spiro atoms. The molecule has 0 fully saturated rings. The zero-order valence-corrected chi connectivity index (χ0v) is 12.7. The summed E-state index contributed by atoms with van der Waals surface area (Å²) < 4.78 is 2.02. The topological polar surface area (TPSA) is 55.1 Å². The smallest absolute Gasteiger partial charge is 0.337 e. The lowest BCUT2D eigenvalue weighted by Gasteiger charge is -2.12. The molecule has 0 atom stereocenters. The first kappa shape index (κ1) is 14.3. The second kappa shape index (κ2) is 5.64. The van der Waals surface area contributed by atoms with Crippen LogP contribution in [0.3, 0.4) is 0 Å². The van der Waals surface area contributed by atoms with Crippen LogP contribution in [0.15, 0.2) is 48.9 Å². The molecule has 3 rings (SSSR count). The molecule has 3 aromatic rings. The van der Waals surface area contributed by atoms with E-state index in [1.54, 1.807) is 12.4 Å². The minimum atomic E-state index is -0.893. The van der Waals surface area contributed by atoms with E-state index in [1.807, 2.05) is 35.0 Å². The highest BCUT2D eigenvalue weighted by molar-refractivity contribution is 6.04. The molecule has 0 saturated carbocycles. The van der Waals surface area contributed by atoms with Crippen LogP contribution in [0.25, 0.3) is 10.9 Å². The molecule has 22 heavy (non-hydrogen) atoms. The molecular weight excluding hydrogens is 276 g/mol. The zero-order chi connectivity index (χ0) is 15.7. The largest absolute Gasteiger partial charge is 0.478 e. The van der Waals surface area contributed by atoms with Crippen molar-refractivity contribution in [2.75, 3.05) is 0 Å². The number of aromatic nitrogens is 2. The predicted molar refractivity (Wildman–Crippen MR) is 86.3 cm³/mol. The summed E-state index contributed by atoms with van der Waals surface area (Å²) in [5.74, 6) is -0.566. The van der Waals surface area contributed by atoms with Crippen LogP contribution < -0.4 is 0 Å². The molecule has 0 unspecified atom stereocenters. The van der Waals surface area contributed by atoms with Gasteiger partial charge in [0, 0.05) is 30.5 Å². The van der Waals surface area contributed by atoms with Gasteiger partial charge in [-0.25, -0.2) is 4.79 Å². The minimum absolute atomic E-state index is 0.327. The third-order valence-corrected chi connectivity index (χ3v) is 3.86. The first-order chi connectivity index (χ1) is 10.6. The van der Waals surface area contributed by atoms with Gasteiger partial charge in [0.2, 0.25) is 0 Å². The van der Waals surface area contributed by atoms with Crippen molar-refractivity contribution in [3.8, 4) is 0 Å². The molecule has 112 valence electrons. The first-order valence-corrected chi connectivity index (χ1v) is 7.32. The van der Waals surface area contributed by atoms with Gasteiger partial charge < -0.3 is 9.67 Å². The molecule has 2 aromatic heterocycles. The Bertz CT molecular complexity index is 820. The van der Waals surface area contributed by atoms with Crippen molar-refractivity contribution in [2.24, 2.45) is 0 Å². The first-order valence-electron chi connectivity index (χ1n) is 7.32. The van der Waals surface area contributed by atoms with Crippen molar-refractivity contribution in [2.45, 2.75) is 26.3 Å². The van der Waals surface area contributed by atoms with Gasteiger partial charge in [0.25, 0.3) is 0 Å². The molecule has 0 radical (unpaired) electrons. The number of hydrogen-bond donors (Lipinski definition) is 1. The molecule has 4 heteroatoms. The standard InChI is InChI=1S/C18H18N2O2/c1-12(2)14-6-3-7-15-16(18(21)22)11-20(17(14)15)10-13-5-4-8-19-9-13/h3-9,11-12H,10H2,1-2H3,(H,21,22). The molecule has 0 bridgehead atoms. The average Bonchev–Trinajstić information content (AvgIpc) is 2.87. The molecular formula is C18H18N2O2. The number of nitrogens with zero attached hydrogens (tertiary/aromatic N) is 2. The maximum absolute atomic E-state index is 11.5. The number of hydrogen-bond acceptors (Lipinski definition) is 2. The van der Waals surface area contributed by atoms with Crippen LogP contribution >= 0.6 is 0 Å². The van der Waals surface area contributed by atoms with E-state index in [9.17, 15) is 9.90 Å². The van der Waals surface area contributed by atoms with Gasteiger partial charge >= 0.3 is 5.97 Å². The summed E-state index contributed by atoms with van der Waals surface area (Å²) in [4.78, 5) is 15.7. The number of para-hydroxylation sites is 1. The Labute approximate surface area is 129 Å². The molecule has 0 saturated heterocycles. The van der Waals surface area contributed by atoms with Gasteiger partial charge in [0.1, 0.15) is 0 Å². The van der Waals surface area contributed by atoms with E-state index in [-0.39, 0.29) is 0 Å². The lowest BCUT2D eigenvalue weighted by molar-refractivity contribution is 0.0699. The Hall–Kier alpha value is -2.62. The summed E-state index contributed by atoms with van der Waals surface area (Å²) in [5, 5.41) is 10.3. The van der Waals surface area contributed by atoms with Crippen LogP contribution in [0, 0.1) is 0 Å². The molecule has 1 N–H and O–H groups in total. The number of rotatable bonds is 4. The summed E-state index contributed by atoms with van der Waals surface area (Å²) >= 11 is 0. The van der Waals surface area contributed by atoms with Crippen LogP contribution in [0.5, 0.6) is 0 Å². The fourth-order valence-corrected chi connectivity index (χ4v) is 2.84. The summed E-state index contributed by atoms with van der Waals surface area (Å²) in [6.07, 6.45) is 5.27. The van der Waals surface area contributed by atoms with Crippen molar-refractivity contribution in [3.63, 3.8) is 0 Å². The summed E-state index contributed by atoms with van der Waals surface area (Å²) in [6, 6.07) is 9.76. The Kier molecular flexibility index (Phi) is 3.67. The van der Waals surface area contributed by atoms with Gasteiger partial charge in [0.15, 0.2) is 0 Å². The quantitative estimate of drug-likeness (QED) is 0.793. The summed E-state index contributed by atoms with van der Waals surface area (Å²) in [7, 11) is 0. The molecule has 0 aliphatic rings.